The number of carbonyl (C=O) groups is 1. The van der Waals surface area contributed by atoms with Crippen LogP contribution in [0.25, 0.3) is 0 Å². The summed E-state index contributed by atoms with van der Waals surface area (Å²) in [4.78, 5) is 13.5. The van der Waals surface area contributed by atoms with Crippen molar-refractivity contribution in [3.05, 3.63) is 126 Å². The van der Waals surface area contributed by atoms with Crippen LogP contribution in [-0.4, -0.2) is 16.0 Å². The van der Waals surface area contributed by atoms with Gasteiger partial charge >= 0.3 is 0 Å². The van der Waals surface area contributed by atoms with Crippen LogP contribution in [0.1, 0.15) is 49.3 Å². The maximum absolute atomic E-state index is 13.5. The quantitative estimate of drug-likeness (QED) is 0.239. The normalized spacial score (nSPS) is 14.0. The Morgan fingerprint density at radius 2 is 1.06 bits per heavy atom. The molecule has 0 saturated carbocycles. The van der Waals surface area contributed by atoms with Gasteiger partial charge in [0.1, 0.15) is 11.5 Å². The van der Waals surface area contributed by atoms with Crippen molar-refractivity contribution in [3.63, 3.8) is 0 Å². The molecule has 0 aromatic heterocycles. The van der Waals surface area contributed by atoms with Crippen molar-refractivity contribution in [2.24, 2.45) is 0 Å². The molecule has 5 heteroatoms. The van der Waals surface area contributed by atoms with Crippen LogP contribution in [0.2, 0.25) is 0 Å². The van der Waals surface area contributed by atoms with E-state index in [1.54, 1.807) is 0 Å². The van der Waals surface area contributed by atoms with Gasteiger partial charge in [-0.2, -0.15) is 0 Å². The van der Waals surface area contributed by atoms with E-state index in [1.807, 2.05) is 86.6 Å². The molecule has 0 heterocycles. The first-order valence-corrected chi connectivity index (χ1v) is 12.1. The van der Waals surface area contributed by atoms with Crippen molar-refractivity contribution in [1.82, 2.24) is 0 Å². The molecule has 0 bridgehead atoms. The van der Waals surface area contributed by atoms with Gasteiger partial charge in [-0.25, -0.2) is 0 Å². The van der Waals surface area contributed by atoms with E-state index in [0.29, 0.717) is 20.1 Å². The summed E-state index contributed by atoms with van der Waals surface area (Å²) < 4.78 is 1.16. The number of fused-ring (bicyclic) bond motifs is 2. The van der Waals surface area contributed by atoms with Gasteiger partial charge in [-0.15, -0.1) is 0 Å². The van der Waals surface area contributed by atoms with Crippen molar-refractivity contribution < 1.29 is 15.0 Å². The molecule has 0 radical (unpaired) electrons. The van der Waals surface area contributed by atoms with E-state index in [-0.39, 0.29) is 17.3 Å². The maximum atomic E-state index is 13.5. The van der Waals surface area contributed by atoms with Crippen LogP contribution in [-0.2, 0) is 5.41 Å². The van der Waals surface area contributed by atoms with Crippen molar-refractivity contribution in [1.29, 1.82) is 0 Å². The molecule has 0 fully saturated rings. The Bertz CT molecular complexity index is 1300. The van der Waals surface area contributed by atoms with Gasteiger partial charge in [0.2, 0.25) is 0 Å². The number of aryl methyl sites for hydroxylation is 2. The summed E-state index contributed by atoms with van der Waals surface area (Å²) in [6.45, 7) is 3.72. The van der Waals surface area contributed by atoms with E-state index in [9.17, 15) is 15.0 Å². The van der Waals surface area contributed by atoms with Crippen molar-refractivity contribution >= 4 is 37.6 Å². The first-order valence-electron chi connectivity index (χ1n) is 10.5. The molecule has 3 nitrogen and oxygen atoms in total. The zero-order valence-electron chi connectivity index (χ0n) is 18.0. The molecule has 33 heavy (non-hydrogen) atoms. The van der Waals surface area contributed by atoms with Gasteiger partial charge in [0, 0.05) is 11.1 Å². The lowest BCUT2D eigenvalue weighted by molar-refractivity contribution is 0.103. The number of aromatic hydroxyl groups is 2. The number of rotatable bonds is 2. The van der Waals surface area contributed by atoms with Gasteiger partial charge in [0.05, 0.1) is 14.4 Å². The largest absolute Gasteiger partial charge is 0.506 e. The fourth-order valence-corrected chi connectivity index (χ4v) is 6.12. The standard InChI is InChI=1S/C28H20Br2O3/c1-15-11-17(13-23(29)25(15)31)28(18-12-16(2)26(32)24(30)14-18)21-9-5-3-7-19(21)27(33)20-8-4-6-10-22(20)28/h3-14,31-32H,1-2H3. The molecule has 0 saturated heterocycles. The predicted octanol–water partition coefficient (Wildman–Crippen LogP) is 7.17. The van der Waals surface area contributed by atoms with Crippen LogP contribution in [0.15, 0.2) is 81.7 Å². The van der Waals surface area contributed by atoms with Crippen LogP contribution >= 0.6 is 31.9 Å². The number of hydrogen-bond donors (Lipinski definition) is 2. The minimum absolute atomic E-state index is 0.0130. The molecule has 0 unspecified atom stereocenters. The minimum atomic E-state index is -0.844. The molecule has 5 rings (SSSR count). The average Bonchev–Trinajstić information content (AvgIpc) is 2.81. The smallest absolute Gasteiger partial charge is 0.193 e. The Kier molecular flexibility index (Phi) is 5.22. The summed E-state index contributed by atoms with van der Waals surface area (Å²) >= 11 is 7.05. The summed E-state index contributed by atoms with van der Waals surface area (Å²) in [5.74, 6) is 0.358. The van der Waals surface area contributed by atoms with Crippen LogP contribution in [0, 0.1) is 13.8 Å². The van der Waals surface area contributed by atoms with Crippen LogP contribution in [0.3, 0.4) is 0 Å². The lowest BCUT2D eigenvalue weighted by Crippen LogP contribution is -2.38. The molecule has 0 amide bonds. The summed E-state index contributed by atoms with van der Waals surface area (Å²) in [6.07, 6.45) is 0. The molecule has 0 spiro atoms. The van der Waals surface area contributed by atoms with E-state index in [0.717, 1.165) is 33.4 Å². The number of phenolic OH excluding ortho intramolecular Hbond substituents is 2. The third-order valence-corrected chi connectivity index (χ3v) is 7.73. The number of halogens is 2. The minimum Gasteiger partial charge on any atom is -0.506 e. The zero-order valence-corrected chi connectivity index (χ0v) is 21.2. The second-order valence-corrected chi connectivity index (χ2v) is 10.1. The second kappa shape index (κ2) is 7.86. The lowest BCUT2D eigenvalue weighted by atomic mass is 9.59. The summed E-state index contributed by atoms with van der Waals surface area (Å²) in [5.41, 5.74) is 5.43. The van der Waals surface area contributed by atoms with E-state index < -0.39 is 5.41 Å². The number of carbonyl (C=O) groups excluding carboxylic acids is 1. The molecular weight excluding hydrogens is 544 g/mol. The highest BCUT2D eigenvalue weighted by molar-refractivity contribution is 9.10. The third kappa shape index (κ3) is 3.10. The lowest BCUT2D eigenvalue weighted by Gasteiger charge is -2.42. The van der Waals surface area contributed by atoms with E-state index in [2.05, 4.69) is 31.9 Å². The summed E-state index contributed by atoms with van der Waals surface area (Å²) in [7, 11) is 0. The number of ketones is 1. The van der Waals surface area contributed by atoms with Crippen molar-refractivity contribution in [2.45, 2.75) is 19.3 Å². The number of phenols is 2. The zero-order chi connectivity index (χ0) is 23.5. The topological polar surface area (TPSA) is 57.5 Å². The molecule has 0 aliphatic heterocycles. The second-order valence-electron chi connectivity index (χ2n) is 8.42. The maximum Gasteiger partial charge on any atom is 0.193 e. The van der Waals surface area contributed by atoms with Gasteiger partial charge in [-0.1, -0.05) is 60.7 Å². The average molecular weight is 564 g/mol. The highest BCUT2D eigenvalue weighted by atomic mass is 79.9. The van der Waals surface area contributed by atoms with Gasteiger partial charge in [0.25, 0.3) is 0 Å². The molecule has 4 aromatic rings. The molecular formula is C28H20Br2O3. The van der Waals surface area contributed by atoms with E-state index >= 15 is 0 Å². The fraction of sp³-hybridized carbons (Fsp3) is 0.107. The molecule has 1 aliphatic rings. The Morgan fingerprint density at radius 3 is 1.45 bits per heavy atom. The highest BCUT2D eigenvalue weighted by Crippen LogP contribution is 2.53. The Balaban J connectivity index is 2.04. The Morgan fingerprint density at radius 1 is 0.667 bits per heavy atom. The number of hydrogen-bond acceptors (Lipinski definition) is 3. The van der Waals surface area contributed by atoms with Crippen molar-refractivity contribution in [3.8, 4) is 11.5 Å². The summed E-state index contributed by atoms with van der Waals surface area (Å²) in [5, 5.41) is 21.0. The first-order chi connectivity index (χ1) is 15.8. The first kappa shape index (κ1) is 21.9. The summed E-state index contributed by atoms with van der Waals surface area (Å²) in [6, 6.07) is 23.2. The molecule has 1 aliphatic carbocycles. The highest BCUT2D eigenvalue weighted by Gasteiger charge is 2.47. The van der Waals surface area contributed by atoms with Gasteiger partial charge < -0.3 is 10.2 Å². The molecule has 164 valence electrons. The van der Waals surface area contributed by atoms with Crippen LogP contribution in [0.4, 0.5) is 0 Å². The van der Waals surface area contributed by atoms with Crippen molar-refractivity contribution in [2.75, 3.05) is 0 Å². The third-order valence-electron chi connectivity index (χ3n) is 6.53. The monoisotopic (exact) mass is 562 g/mol. The van der Waals surface area contributed by atoms with E-state index in [1.165, 1.54) is 0 Å². The van der Waals surface area contributed by atoms with Gasteiger partial charge in [0.15, 0.2) is 5.78 Å². The molecule has 4 aromatic carbocycles. The Labute approximate surface area is 209 Å². The van der Waals surface area contributed by atoms with E-state index in [4.69, 9.17) is 0 Å². The van der Waals surface area contributed by atoms with Crippen LogP contribution < -0.4 is 0 Å². The van der Waals surface area contributed by atoms with Gasteiger partial charge in [-0.05, 0) is 91.2 Å². The van der Waals surface area contributed by atoms with Crippen LogP contribution in [0.5, 0.6) is 11.5 Å². The Hall–Kier alpha value is -2.89. The molecule has 2 N–H and O–H groups in total. The fourth-order valence-electron chi connectivity index (χ4n) is 5.00. The molecule has 0 atom stereocenters. The predicted molar refractivity (Wildman–Crippen MR) is 136 cm³/mol. The number of benzene rings is 4. The van der Waals surface area contributed by atoms with Gasteiger partial charge in [-0.3, -0.25) is 4.79 Å². The SMILES string of the molecule is Cc1cc(C2(c3cc(C)c(O)c(Br)c3)c3ccccc3C(=O)c3ccccc32)cc(Br)c1O.